The molecule has 0 bridgehead atoms. The van der Waals surface area contributed by atoms with Crippen molar-refractivity contribution in [2.24, 2.45) is 0 Å². The molecule has 0 aromatic rings. The predicted molar refractivity (Wildman–Crippen MR) is 22.3 cm³/mol. The molecule has 131 valence electrons. The van der Waals surface area contributed by atoms with E-state index in [4.69, 9.17) is 35.0 Å². The molecule has 0 atom stereocenters. The van der Waals surface area contributed by atoms with Crippen LogP contribution < -0.4 is 24.8 Å². The van der Waals surface area contributed by atoms with Gasteiger partial charge in [-0.15, -0.1) is 0 Å². The molecule has 0 aromatic heterocycles. The van der Waals surface area contributed by atoms with E-state index in [2.05, 4.69) is 0 Å². The third kappa shape index (κ3) is 952. The molecule has 19 heteroatoms. The summed E-state index contributed by atoms with van der Waals surface area (Å²) in [4.78, 5) is 0. The molecule has 0 amide bonds. The van der Waals surface area contributed by atoms with Crippen LogP contribution in [0.15, 0.2) is 0 Å². The number of rotatable bonds is 0. The molecule has 0 saturated heterocycles. The average Bonchev–Trinajstić information content (AvgIpc) is 1.12. The number of hydrogen-bond donors (Lipinski definition) is 0. The molecule has 19 heavy (non-hydrogen) atoms. The molecule has 5 radical (unpaired) electrons. The van der Waals surface area contributed by atoms with Crippen LogP contribution >= 0.6 is 0 Å². The van der Waals surface area contributed by atoms with Gasteiger partial charge in [0, 0.05) is 20.8 Å². The van der Waals surface area contributed by atoms with Gasteiger partial charge in [-0.05, 0) is 0 Å². The Morgan fingerprint density at radius 3 is 0.474 bits per heavy atom. The van der Waals surface area contributed by atoms with Gasteiger partial charge in [0.15, 0.2) is 0 Å². The van der Waals surface area contributed by atoms with Crippen LogP contribution in [0, 0.1) is 0 Å². The SMILES string of the molecule is O=S(=O)([O-])[O-].O=S(=O)([O-])[O-].[Cl-].[Cl-].[Co+2].[Co+2].[Co+2].[Co+2].[Co+2].[O-2].[O-2]. The summed E-state index contributed by atoms with van der Waals surface area (Å²) in [6, 6.07) is 0. The summed E-state index contributed by atoms with van der Waals surface area (Å²) in [7, 11) is -10.3. The van der Waals surface area contributed by atoms with E-state index in [1.807, 2.05) is 0 Å². The van der Waals surface area contributed by atoms with Gasteiger partial charge in [-0.3, -0.25) is 16.8 Å². The molecule has 0 rings (SSSR count). The van der Waals surface area contributed by atoms with Crippen LogP contribution in [0.3, 0.4) is 0 Å². The molecule has 0 fully saturated rings. The van der Waals surface area contributed by atoms with E-state index in [0.29, 0.717) is 0 Å². The van der Waals surface area contributed by atoms with Crippen molar-refractivity contribution in [3.63, 3.8) is 0 Å². The first kappa shape index (κ1) is 81.0. The quantitative estimate of drug-likeness (QED) is 0.195. The van der Waals surface area contributed by atoms with Crippen molar-refractivity contribution in [3.8, 4) is 0 Å². The Hall–Kier alpha value is 2.77. The molecule has 0 unspecified atom stereocenters. The summed E-state index contributed by atoms with van der Waals surface area (Å²) >= 11 is 0. The Morgan fingerprint density at radius 1 is 0.474 bits per heavy atom. The fraction of sp³-hybridized carbons (Fsp3) is 0. The summed E-state index contributed by atoms with van der Waals surface area (Å²) in [5, 5.41) is 0. The van der Waals surface area contributed by atoms with Crippen molar-refractivity contribution in [2.75, 3.05) is 0 Å². The van der Waals surface area contributed by atoms with Crippen molar-refractivity contribution in [3.05, 3.63) is 0 Å². The van der Waals surface area contributed by atoms with Gasteiger partial charge in [0.25, 0.3) is 0 Å². The first-order chi connectivity index (χ1) is 4.00. The molecule has 0 aromatic carbocycles. The second kappa shape index (κ2) is 37.2. The second-order valence-corrected chi connectivity index (χ2v) is 2.45. The molecule has 0 heterocycles. The topological polar surface area (TPSA) is 218 Å². The number of halogens is 2. The monoisotopic (exact) mass is 588 g/mol. The summed E-state index contributed by atoms with van der Waals surface area (Å²) in [6.07, 6.45) is 0. The van der Waals surface area contributed by atoms with E-state index < -0.39 is 20.8 Å². The molecule has 0 aliphatic heterocycles. The molecule has 0 N–H and O–H groups in total. The fourth-order valence-corrected chi connectivity index (χ4v) is 0. The zero-order valence-electron chi connectivity index (χ0n) is 7.32. The van der Waals surface area contributed by atoms with E-state index in [1.54, 1.807) is 0 Å². The molecule has 10 nitrogen and oxygen atoms in total. The fourth-order valence-electron chi connectivity index (χ4n) is 0. The van der Waals surface area contributed by atoms with E-state index in [1.165, 1.54) is 0 Å². The summed E-state index contributed by atoms with van der Waals surface area (Å²) in [5.74, 6) is 0. The van der Waals surface area contributed by atoms with E-state index in [9.17, 15) is 0 Å². The molecule has 0 spiro atoms. The van der Waals surface area contributed by atoms with Crippen molar-refractivity contribution in [1.29, 1.82) is 0 Å². The first-order valence-corrected chi connectivity index (χ1v) is 4.00. The smallest absolute Gasteiger partial charge is 2.00 e. The standard InChI is InChI=1S/2ClH.5Co.2H2O4S.2O/c;;;;;;;2*1-5(2,3)4;;/h2*1H;;;;;;2*(H2,1,2,3,4);;/q;;5*+2;;;2*-2/p-6. The van der Waals surface area contributed by atoms with Crippen molar-refractivity contribution in [2.45, 2.75) is 0 Å². The molecular weight excluding hydrogens is 590 g/mol. The minimum absolute atomic E-state index is 0. The third-order valence-corrected chi connectivity index (χ3v) is 0. The van der Waals surface area contributed by atoms with Crippen molar-refractivity contribution < 1.29 is 155 Å². The van der Waals surface area contributed by atoms with Crippen LogP contribution in [0.4, 0.5) is 0 Å². The average molecular weight is 590 g/mol. The molecular formula is Cl2Co5O10S2. The van der Waals surface area contributed by atoms with Gasteiger partial charge in [0.05, 0.1) is 0 Å². The Labute approximate surface area is 174 Å². The van der Waals surface area contributed by atoms with Gasteiger partial charge in [0.1, 0.15) is 0 Å². The van der Waals surface area contributed by atoms with Gasteiger partial charge in [-0.2, -0.15) is 0 Å². The van der Waals surface area contributed by atoms with Crippen LogP contribution in [0.2, 0.25) is 0 Å². The summed E-state index contributed by atoms with van der Waals surface area (Å²) < 4.78 is 68.2. The van der Waals surface area contributed by atoms with E-state index >= 15 is 0 Å². The van der Waals surface area contributed by atoms with Gasteiger partial charge < -0.3 is 54.0 Å². The third-order valence-electron chi connectivity index (χ3n) is 0. The predicted octanol–water partition coefficient (Wildman–Crippen LogP) is -8.92. The van der Waals surface area contributed by atoms with Crippen LogP contribution in [0.25, 0.3) is 0 Å². The number of hydrogen-bond acceptors (Lipinski definition) is 8. The maximum atomic E-state index is 8.52. The van der Waals surface area contributed by atoms with Gasteiger partial charge in [-0.1, -0.05) is 0 Å². The Bertz CT molecular complexity index is 228. The zero-order chi connectivity index (χ0) is 9.00. The Morgan fingerprint density at radius 2 is 0.474 bits per heavy atom. The largest absolute Gasteiger partial charge is 2.00 e. The molecule has 0 aliphatic rings. The first-order valence-electron chi connectivity index (χ1n) is 1.33. The summed E-state index contributed by atoms with van der Waals surface area (Å²) in [6.45, 7) is 0. The minimum Gasteiger partial charge on any atom is -2.00 e. The second-order valence-electron chi connectivity index (χ2n) is 0.816. The van der Waals surface area contributed by atoms with Crippen LogP contribution in [-0.4, -0.2) is 35.0 Å². The molecule has 0 saturated carbocycles. The van der Waals surface area contributed by atoms with E-state index in [0.717, 1.165) is 0 Å². The van der Waals surface area contributed by atoms with Gasteiger partial charge in [0.2, 0.25) is 0 Å². The van der Waals surface area contributed by atoms with Crippen molar-refractivity contribution >= 4 is 20.8 Å². The normalized spacial score (nSPS) is 6.11. The van der Waals surface area contributed by atoms with Crippen LogP contribution in [0.1, 0.15) is 0 Å². The van der Waals surface area contributed by atoms with Gasteiger partial charge >= 0.3 is 83.9 Å². The van der Waals surface area contributed by atoms with Gasteiger partial charge in [-0.25, -0.2) is 0 Å². The van der Waals surface area contributed by atoms with Crippen LogP contribution in [0.5, 0.6) is 0 Å². The molecule has 0 aliphatic carbocycles. The van der Waals surface area contributed by atoms with E-state index in [-0.39, 0.29) is 120 Å². The van der Waals surface area contributed by atoms with Crippen molar-refractivity contribution in [1.82, 2.24) is 0 Å². The summed E-state index contributed by atoms with van der Waals surface area (Å²) in [5.41, 5.74) is 0. The maximum Gasteiger partial charge on any atom is 2.00 e. The Kier molecular flexibility index (Phi) is 159. The zero-order valence-corrected chi connectivity index (χ0v) is 15.7. The van der Waals surface area contributed by atoms with Crippen LogP contribution in [-0.2, 0) is 116 Å². The maximum absolute atomic E-state index is 8.52. The Balaban J connectivity index is -0.00000000508. The minimum atomic E-state index is -5.17.